The Morgan fingerprint density at radius 1 is 1.02 bits per heavy atom. The second kappa shape index (κ2) is 10.2. The normalized spacial score (nSPS) is 26.9. The lowest BCUT2D eigenvalue weighted by atomic mass is 10.1. The van der Waals surface area contributed by atoms with Crippen molar-refractivity contribution < 1.29 is 28.1 Å². The van der Waals surface area contributed by atoms with Crippen molar-refractivity contribution in [3.05, 3.63) is 39.2 Å². The minimum Gasteiger partial charge on any atom is -0.394 e. The third kappa shape index (κ3) is 5.09. The molecule has 6 heterocycles. The molecule has 0 unspecified atom stereocenters. The molecule has 0 amide bonds. The van der Waals surface area contributed by atoms with Gasteiger partial charge in [-0.25, -0.2) is 15.0 Å². The quantitative estimate of drug-likeness (QED) is 0.107. The number of hydrogen-bond acceptors (Lipinski definition) is 13. The van der Waals surface area contributed by atoms with Gasteiger partial charge < -0.3 is 30.4 Å². The van der Waals surface area contributed by atoms with Crippen molar-refractivity contribution in [2.75, 3.05) is 18.9 Å². The Kier molecular flexibility index (Phi) is 6.84. The monoisotopic (exact) mass is 593 g/mol. The van der Waals surface area contributed by atoms with Gasteiger partial charge in [0, 0.05) is 19.4 Å². The van der Waals surface area contributed by atoms with Crippen LogP contribution in [-0.4, -0.2) is 95.2 Å². The van der Waals surface area contributed by atoms with Gasteiger partial charge in [-0.15, -0.1) is 0 Å². The molecule has 2 aliphatic rings. The van der Waals surface area contributed by atoms with E-state index in [2.05, 4.69) is 39.3 Å². The highest BCUT2D eigenvalue weighted by molar-refractivity contribution is 7.87. The van der Waals surface area contributed by atoms with Gasteiger partial charge in [0.2, 0.25) is 5.95 Å². The lowest BCUT2D eigenvalue weighted by Crippen LogP contribution is -2.49. The lowest BCUT2D eigenvalue weighted by Gasteiger charge is -2.20. The van der Waals surface area contributed by atoms with Gasteiger partial charge in [-0.3, -0.25) is 23.7 Å². The zero-order valence-electron chi connectivity index (χ0n) is 21.5. The van der Waals surface area contributed by atoms with Gasteiger partial charge in [-0.1, -0.05) is 0 Å². The van der Waals surface area contributed by atoms with Crippen LogP contribution in [0.25, 0.3) is 22.3 Å². The van der Waals surface area contributed by atoms with Crippen LogP contribution in [0.2, 0.25) is 0 Å². The fourth-order valence-corrected chi connectivity index (χ4v) is 6.21. The molecule has 6 atom stereocenters. The van der Waals surface area contributed by atoms with E-state index in [0.717, 1.165) is 0 Å². The van der Waals surface area contributed by atoms with Gasteiger partial charge in [-0.2, -0.15) is 22.8 Å². The molecule has 0 aromatic carbocycles. The van der Waals surface area contributed by atoms with Gasteiger partial charge in [0.25, 0.3) is 21.3 Å². The highest BCUT2D eigenvalue weighted by Gasteiger charge is 2.40. The fourth-order valence-electron chi connectivity index (χ4n) is 5.10. The molecule has 4 aromatic rings. The van der Waals surface area contributed by atoms with Crippen molar-refractivity contribution in [3.8, 4) is 0 Å². The summed E-state index contributed by atoms with van der Waals surface area (Å²) < 4.78 is 45.3. The summed E-state index contributed by atoms with van der Waals surface area (Å²) in [5, 5.41) is 20.4. The van der Waals surface area contributed by atoms with E-state index < -0.39 is 64.7 Å². The first-order valence-electron chi connectivity index (χ1n) is 12.6. The zero-order chi connectivity index (χ0) is 29.1. The Morgan fingerprint density at radius 3 is 2.32 bits per heavy atom. The summed E-state index contributed by atoms with van der Waals surface area (Å²) in [6, 6.07) is -0.855. The van der Waals surface area contributed by atoms with Crippen LogP contribution in [0.1, 0.15) is 31.1 Å². The molecular weight excluding hydrogens is 566 g/mol. The number of nitrogens with one attached hydrogen (secondary N) is 4. The molecule has 220 valence electrons. The number of aliphatic hydroxyl groups is 2. The average Bonchev–Trinajstić information content (AvgIpc) is 3.67. The summed E-state index contributed by atoms with van der Waals surface area (Å²) in [7, 11) is -4.16. The second-order valence-corrected chi connectivity index (χ2v) is 11.3. The molecule has 2 fully saturated rings. The van der Waals surface area contributed by atoms with E-state index in [4.69, 9.17) is 15.2 Å². The zero-order valence-corrected chi connectivity index (χ0v) is 22.3. The number of H-pyrrole nitrogens is 2. The molecule has 2 aliphatic heterocycles. The first-order chi connectivity index (χ1) is 19.5. The molecular formula is C21H27N11O8S. The summed E-state index contributed by atoms with van der Waals surface area (Å²) >= 11 is 0. The van der Waals surface area contributed by atoms with Crippen molar-refractivity contribution in [1.29, 1.82) is 0 Å². The third-order valence-corrected chi connectivity index (χ3v) is 8.18. The number of nitrogens with zero attached hydrogens (tertiary/aromatic N) is 6. The van der Waals surface area contributed by atoms with Crippen LogP contribution < -0.4 is 26.3 Å². The molecule has 8 N–H and O–H groups in total. The van der Waals surface area contributed by atoms with Gasteiger partial charge in [0.05, 0.1) is 43.6 Å². The van der Waals surface area contributed by atoms with E-state index in [1.807, 2.05) is 0 Å². The number of aliphatic hydroxyl groups excluding tert-OH is 2. The number of hydrogen-bond donors (Lipinski definition) is 7. The van der Waals surface area contributed by atoms with E-state index in [9.17, 15) is 28.2 Å². The highest BCUT2D eigenvalue weighted by Crippen LogP contribution is 2.32. The number of aromatic nitrogens is 8. The summed E-state index contributed by atoms with van der Waals surface area (Å²) in [5.74, 6) is 0.259. The molecule has 4 aromatic heterocycles. The first kappa shape index (κ1) is 27.4. The van der Waals surface area contributed by atoms with Gasteiger partial charge in [0.1, 0.15) is 18.3 Å². The number of ether oxygens (including phenoxy) is 2. The minimum absolute atomic E-state index is 0.0314. The van der Waals surface area contributed by atoms with Crippen molar-refractivity contribution in [3.63, 3.8) is 0 Å². The Labute approximate surface area is 229 Å². The Bertz CT molecular complexity index is 1830. The smallest absolute Gasteiger partial charge is 0.280 e. The largest absolute Gasteiger partial charge is 0.394 e. The third-order valence-electron chi connectivity index (χ3n) is 7.02. The van der Waals surface area contributed by atoms with Crippen molar-refractivity contribution in [2.24, 2.45) is 0 Å². The highest BCUT2D eigenvalue weighted by atomic mass is 32.2. The molecule has 20 heteroatoms. The van der Waals surface area contributed by atoms with Crippen LogP contribution in [0.15, 0.2) is 22.2 Å². The van der Waals surface area contributed by atoms with Crippen LogP contribution in [0.3, 0.4) is 0 Å². The van der Waals surface area contributed by atoms with E-state index in [1.54, 1.807) is 6.92 Å². The van der Waals surface area contributed by atoms with Gasteiger partial charge in [-0.05, 0) is 6.92 Å². The first-order valence-corrected chi connectivity index (χ1v) is 14.0. The number of imidazole rings is 2. The second-order valence-electron chi connectivity index (χ2n) is 9.81. The predicted molar refractivity (Wildman–Crippen MR) is 139 cm³/mol. The number of fused-ring (bicyclic) bond motifs is 2. The van der Waals surface area contributed by atoms with Crippen molar-refractivity contribution >= 4 is 38.5 Å². The molecule has 0 spiro atoms. The lowest BCUT2D eigenvalue weighted by molar-refractivity contribution is -0.0242. The molecule has 0 bridgehead atoms. The van der Waals surface area contributed by atoms with Gasteiger partial charge >= 0.3 is 0 Å². The SMILES string of the molecule is Cc1nc2c(ncn2[C@H]2C[C@H](O)[C@@H](CNS(=O)(=O)N[C@H]3C[C@H](n4cnc5c(=O)[nH]c(N)nc54)O[C@@H]3CO)O2)c(=O)[nH]1. The maximum Gasteiger partial charge on any atom is 0.280 e. The number of nitrogen functional groups attached to an aromatic ring is 1. The number of aryl methyl sites for hydroxylation is 1. The Balaban J connectivity index is 1.11. The van der Waals surface area contributed by atoms with Crippen LogP contribution in [-0.2, 0) is 19.7 Å². The molecule has 6 rings (SSSR count). The van der Waals surface area contributed by atoms with Crippen LogP contribution in [0.4, 0.5) is 5.95 Å². The maximum atomic E-state index is 12.9. The summed E-state index contributed by atoms with van der Waals surface area (Å²) in [5.41, 5.74) is 5.28. The Morgan fingerprint density at radius 2 is 1.63 bits per heavy atom. The van der Waals surface area contributed by atoms with Crippen LogP contribution >= 0.6 is 0 Å². The topological polar surface area (TPSA) is 270 Å². The minimum atomic E-state index is -4.16. The van der Waals surface area contributed by atoms with Crippen molar-refractivity contribution in [1.82, 2.24) is 48.5 Å². The van der Waals surface area contributed by atoms with Crippen molar-refractivity contribution in [2.45, 2.75) is 56.6 Å². The molecule has 2 saturated heterocycles. The van der Waals surface area contributed by atoms with E-state index in [0.29, 0.717) is 5.82 Å². The maximum absolute atomic E-state index is 12.9. The van der Waals surface area contributed by atoms with Crippen LogP contribution in [0.5, 0.6) is 0 Å². The summed E-state index contributed by atoms with van der Waals surface area (Å²) in [6.07, 6.45) is -1.48. The Hall–Kier alpha value is -3.79. The van der Waals surface area contributed by atoms with E-state index in [1.165, 1.54) is 21.8 Å². The average molecular weight is 594 g/mol. The number of anilines is 1. The fraction of sp³-hybridized carbons (Fsp3) is 0.524. The number of nitrogens with two attached hydrogens (primary N) is 1. The van der Waals surface area contributed by atoms with Crippen LogP contribution in [0, 0.1) is 6.92 Å². The molecule has 0 aliphatic carbocycles. The van der Waals surface area contributed by atoms with E-state index >= 15 is 0 Å². The summed E-state index contributed by atoms with van der Waals surface area (Å²) in [4.78, 5) is 45.6. The summed E-state index contributed by atoms with van der Waals surface area (Å²) in [6.45, 7) is 0.858. The molecule has 41 heavy (non-hydrogen) atoms. The number of aromatic amines is 2. The van der Waals surface area contributed by atoms with Gasteiger partial charge in [0.15, 0.2) is 22.3 Å². The predicted octanol–water partition coefficient (Wildman–Crippen LogP) is -3.14. The molecule has 19 nitrogen and oxygen atoms in total. The number of rotatable bonds is 8. The standard InChI is InChI=1S/C21H27N11O8S/c1-8-26-17-15(19(35)27-8)23-7-32(17)14-3-10(34)11(39-14)4-25-41(37,38)30-9-2-13(40-12(9)5-33)31-6-24-16-18(31)28-21(22)29-20(16)36/h6-7,9-14,25,30,33-34H,2-5H2,1H3,(H,26,27,35)(H3,22,28,29,36)/t9-,10-,11+,12+,13+,14+/m0/s1. The molecule has 0 saturated carbocycles. The van der Waals surface area contributed by atoms with E-state index in [-0.39, 0.29) is 47.7 Å². The molecule has 0 radical (unpaired) electrons.